The molecule has 1 heterocycles. The molecule has 0 atom stereocenters. The summed E-state index contributed by atoms with van der Waals surface area (Å²) in [6, 6.07) is 4.23. The molecule has 1 aliphatic rings. The minimum Gasteiger partial charge on any atom is -0.326 e. The van der Waals surface area contributed by atoms with Gasteiger partial charge in [-0.25, -0.2) is 0 Å². The summed E-state index contributed by atoms with van der Waals surface area (Å²) in [7, 11) is 0. The van der Waals surface area contributed by atoms with Gasteiger partial charge in [-0.15, -0.1) is 0 Å². The number of anilines is 1. The molecule has 3 heteroatoms. The molecule has 1 N–H and O–H groups in total. The number of nitrogens with zero attached hydrogens (tertiary/aromatic N) is 1. The molecule has 0 bridgehead atoms. The van der Waals surface area contributed by atoms with Gasteiger partial charge in [-0.1, -0.05) is 17.7 Å². The third-order valence-electron chi connectivity index (χ3n) is 3.80. The zero-order valence-corrected chi connectivity index (χ0v) is 12.3. The van der Waals surface area contributed by atoms with Crippen LogP contribution in [-0.2, 0) is 4.79 Å². The number of carbonyl (C=O) groups is 1. The first-order valence-electron chi connectivity index (χ1n) is 7.16. The molecule has 0 unspecified atom stereocenters. The van der Waals surface area contributed by atoms with E-state index < -0.39 is 0 Å². The van der Waals surface area contributed by atoms with Crippen LogP contribution in [0, 0.1) is 20.8 Å². The number of benzene rings is 1. The first kappa shape index (κ1) is 14.1. The molecule has 0 radical (unpaired) electrons. The van der Waals surface area contributed by atoms with Crippen molar-refractivity contribution in [1.29, 1.82) is 0 Å². The van der Waals surface area contributed by atoms with Crippen LogP contribution in [0.4, 0.5) is 5.69 Å². The minimum absolute atomic E-state index is 0.127. The molecule has 1 aromatic rings. The van der Waals surface area contributed by atoms with Gasteiger partial charge >= 0.3 is 0 Å². The van der Waals surface area contributed by atoms with Crippen molar-refractivity contribution in [2.45, 2.75) is 40.0 Å². The van der Waals surface area contributed by atoms with Crippen molar-refractivity contribution in [3.8, 4) is 0 Å². The Morgan fingerprint density at radius 2 is 1.74 bits per heavy atom. The fourth-order valence-corrected chi connectivity index (χ4v) is 2.84. The summed E-state index contributed by atoms with van der Waals surface area (Å²) in [5.74, 6) is 0.127. The maximum Gasteiger partial charge on any atom is 0.225 e. The van der Waals surface area contributed by atoms with E-state index in [1.54, 1.807) is 0 Å². The SMILES string of the molecule is Cc1cc(C)c(NC(=O)CCN2CCCC2)c(C)c1. The quantitative estimate of drug-likeness (QED) is 0.902. The first-order chi connectivity index (χ1) is 9.06. The third kappa shape index (κ3) is 3.80. The van der Waals surface area contributed by atoms with Gasteiger partial charge in [-0.05, 0) is 57.8 Å². The van der Waals surface area contributed by atoms with Crippen LogP contribution in [0.25, 0.3) is 0 Å². The molecule has 2 rings (SSSR count). The smallest absolute Gasteiger partial charge is 0.225 e. The van der Waals surface area contributed by atoms with Crippen LogP contribution in [0.2, 0.25) is 0 Å². The minimum atomic E-state index is 0.127. The van der Waals surface area contributed by atoms with Gasteiger partial charge < -0.3 is 10.2 Å². The Bertz CT molecular complexity index is 439. The van der Waals surface area contributed by atoms with E-state index in [1.165, 1.54) is 18.4 Å². The zero-order valence-electron chi connectivity index (χ0n) is 12.3. The summed E-state index contributed by atoms with van der Waals surface area (Å²) in [4.78, 5) is 14.4. The van der Waals surface area contributed by atoms with E-state index in [9.17, 15) is 4.79 Å². The average molecular weight is 260 g/mol. The number of nitrogens with one attached hydrogen (secondary N) is 1. The van der Waals surface area contributed by atoms with Gasteiger partial charge in [0.15, 0.2) is 0 Å². The van der Waals surface area contributed by atoms with Crippen LogP contribution >= 0.6 is 0 Å². The lowest BCUT2D eigenvalue weighted by atomic mass is 10.1. The fraction of sp³-hybridized carbons (Fsp3) is 0.562. The van der Waals surface area contributed by atoms with Crippen LogP contribution in [0.5, 0.6) is 0 Å². The fourth-order valence-electron chi connectivity index (χ4n) is 2.84. The summed E-state index contributed by atoms with van der Waals surface area (Å²) in [5.41, 5.74) is 4.51. The molecular weight excluding hydrogens is 236 g/mol. The maximum absolute atomic E-state index is 12.0. The van der Waals surface area contributed by atoms with Crippen molar-refractivity contribution in [3.05, 3.63) is 28.8 Å². The monoisotopic (exact) mass is 260 g/mol. The van der Waals surface area contributed by atoms with Gasteiger partial charge in [0.2, 0.25) is 5.91 Å². The Balaban J connectivity index is 1.91. The average Bonchev–Trinajstić information content (AvgIpc) is 2.84. The number of hydrogen-bond acceptors (Lipinski definition) is 2. The normalized spacial score (nSPS) is 15.7. The second-order valence-electron chi connectivity index (χ2n) is 5.62. The molecule has 19 heavy (non-hydrogen) atoms. The largest absolute Gasteiger partial charge is 0.326 e. The molecule has 0 spiro atoms. The summed E-state index contributed by atoms with van der Waals surface area (Å²) in [6.45, 7) is 9.37. The molecule has 104 valence electrons. The van der Waals surface area contributed by atoms with Crippen molar-refractivity contribution < 1.29 is 4.79 Å². The van der Waals surface area contributed by atoms with E-state index in [0.717, 1.165) is 36.4 Å². The van der Waals surface area contributed by atoms with Crippen LogP contribution in [0.15, 0.2) is 12.1 Å². The topological polar surface area (TPSA) is 32.3 Å². The van der Waals surface area contributed by atoms with E-state index in [2.05, 4.69) is 43.1 Å². The van der Waals surface area contributed by atoms with Gasteiger partial charge in [0.05, 0.1) is 0 Å². The number of rotatable bonds is 4. The van der Waals surface area contributed by atoms with Crippen molar-refractivity contribution in [3.63, 3.8) is 0 Å². The third-order valence-corrected chi connectivity index (χ3v) is 3.80. The molecule has 3 nitrogen and oxygen atoms in total. The Morgan fingerprint density at radius 3 is 2.32 bits per heavy atom. The molecule has 1 aromatic carbocycles. The summed E-state index contributed by atoms with van der Waals surface area (Å²) >= 11 is 0. The lowest BCUT2D eigenvalue weighted by Crippen LogP contribution is -2.25. The summed E-state index contributed by atoms with van der Waals surface area (Å²) in [6.07, 6.45) is 3.14. The van der Waals surface area contributed by atoms with Crippen LogP contribution in [0.1, 0.15) is 36.0 Å². The highest BCUT2D eigenvalue weighted by atomic mass is 16.1. The van der Waals surface area contributed by atoms with Gasteiger partial charge in [0, 0.05) is 18.7 Å². The molecule has 0 saturated carbocycles. The van der Waals surface area contributed by atoms with Crippen molar-refractivity contribution in [2.75, 3.05) is 25.0 Å². The van der Waals surface area contributed by atoms with Crippen molar-refractivity contribution in [1.82, 2.24) is 4.90 Å². The summed E-state index contributed by atoms with van der Waals surface area (Å²) in [5, 5.41) is 3.06. The Labute approximate surface area is 116 Å². The molecule has 0 aromatic heterocycles. The van der Waals surface area contributed by atoms with Crippen LogP contribution < -0.4 is 5.32 Å². The highest BCUT2D eigenvalue weighted by molar-refractivity contribution is 5.92. The van der Waals surface area contributed by atoms with E-state index in [0.29, 0.717) is 6.42 Å². The van der Waals surface area contributed by atoms with Crippen LogP contribution in [0.3, 0.4) is 0 Å². The second kappa shape index (κ2) is 6.20. The molecule has 0 aliphatic carbocycles. The lowest BCUT2D eigenvalue weighted by molar-refractivity contribution is -0.116. The number of carbonyl (C=O) groups excluding carboxylic acids is 1. The van der Waals surface area contributed by atoms with Crippen molar-refractivity contribution in [2.24, 2.45) is 0 Å². The van der Waals surface area contributed by atoms with Crippen molar-refractivity contribution >= 4 is 11.6 Å². The number of likely N-dealkylation sites (tertiary alicyclic amines) is 1. The highest BCUT2D eigenvalue weighted by Gasteiger charge is 2.14. The van der Waals surface area contributed by atoms with Crippen LogP contribution in [-0.4, -0.2) is 30.4 Å². The number of amides is 1. The van der Waals surface area contributed by atoms with Gasteiger partial charge in [0.25, 0.3) is 0 Å². The second-order valence-corrected chi connectivity index (χ2v) is 5.62. The molecular formula is C16H24N2O. The molecule has 1 fully saturated rings. The summed E-state index contributed by atoms with van der Waals surface area (Å²) < 4.78 is 0. The van der Waals surface area contributed by atoms with E-state index >= 15 is 0 Å². The van der Waals surface area contributed by atoms with E-state index in [4.69, 9.17) is 0 Å². The number of hydrogen-bond donors (Lipinski definition) is 1. The van der Waals surface area contributed by atoms with Gasteiger partial charge in [0.1, 0.15) is 0 Å². The predicted octanol–water partition coefficient (Wildman–Crippen LogP) is 3.04. The highest BCUT2D eigenvalue weighted by Crippen LogP contribution is 2.22. The van der Waals surface area contributed by atoms with E-state index in [1.807, 2.05) is 0 Å². The maximum atomic E-state index is 12.0. The number of aryl methyl sites for hydroxylation is 3. The molecule has 1 saturated heterocycles. The Kier molecular flexibility index (Phi) is 4.59. The zero-order chi connectivity index (χ0) is 13.8. The molecule has 1 aliphatic heterocycles. The molecule has 1 amide bonds. The van der Waals surface area contributed by atoms with E-state index in [-0.39, 0.29) is 5.91 Å². The Hall–Kier alpha value is -1.35. The first-order valence-corrected chi connectivity index (χ1v) is 7.16. The van der Waals surface area contributed by atoms with Gasteiger partial charge in [-0.3, -0.25) is 4.79 Å². The standard InChI is InChI=1S/C16H24N2O/c1-12-10-13(2)16(14(3)11-12)17-15(19)6-9-18-7-4-5-8-18/h10-11H,4-9H2,1-3H3,(H,17,19). The van der Waals surface area contributed by atoms with Gasteiger partial charge in [-0.2, -0.15) is 0 Å². The Morgan fingerprint density at radius 1 is 1.16 bits per heavy atom. The lowest BCUT2D eigenvalue weighted by Gasteiger charge is -2.16. The predicted molar refractivity (Wildman–Crippen MR) is 79.6 cm³/mol.